The molecule has 0 saturated heterocycles. The van der Waals surface area contributed by atoms with Gasteiger partial charge in [-0.05, 0) is 6.92 Å². The molecule has 0 spiro atoms. The summed E-state index contributed by atoms with van der Waals surface area (Å²) < 4.78 is 0. The maximum Gasteiger partial charge on any atom is 0.203 e. The zero-order valence-corrected chi connectivity index (χ0v) is 7.58. The first-order chi connectivity index (χ1) is 4.13. The van der Waals surface area contributed by atoms with Crippen LogP contribution >= 0.6 is 0 Å². The van der Waals surface area contributed by atoms with Crippen LogP contribution in [0.3, 0.4) is 0 Å². The van der Waals surface area contributed by atoms with Crippen molar-refractivity contribution < 1.29 is 17.3 Å². The summed E-state index contributed by atoms with van der Waals surface area (Å²) in [6.07, 6.45) is 0. The van der Waals surface area contributed by atoms with Gasteiger partial charge in [0, 0.05) is 13.8 Å². The fourth-order valence-corrected chi connectivity index (χ4v) is 0.962. The number of allylic oxidation sites excluding steroid dienone is 2. The minimum Gasteiger partial charge on any atom is -1.00 e. The summed E-state index contributed by atoms with van der Waals surface area (Å²) in [7, 11) is 2.12. The highest BCUT2D eigenvalue weighted by Crippen LogP contribution is 2.02. The lowest BCUT2D eigenvalue weighted by Crippen LogP contribution is -3.08. The van der Waals surface area contributed by atoms with Crippen LogP contribution in [0.2, 0.25) is 0 Å². The summed E-state index contributed by atoms with van der Waals surface area (Å²) in [5, 5.41) is 0. The molecule has 1 heterocycles. The number of nitrogens with one attached hydrogen (secondary N) is 1. The molecule has 0 aromatic rings. The average molecular weight is 161 g/mol. The van der Waals surface area contributed by atoms with Gasteiger partial charge in [0.25, 0.3) is 0 Å². The van der Waals surface area contributed by atoms with Crippen LogP contribution in [0.1, 0.15) is 20.8 Å². The smallest absolute Gasteiger partial charge is 0.203 e. The Morgan fingerprint density at radius 1 is 1.20 bits per heavy atom. The molecule has 1 aliphatic heterocycles. The third-order valence-electron chi connectivity index (χ3n) is 1.98. The molecule has 0 radical (unpaired) electrons. The molecule has 3 heteroatoms. The van der Waals surface area contributed by atoms with Crippen molar-refractivity contribution in [1.82, 2.24) is 0 Å². The van der Waals surface area contributed by atoms with Crippen LogP contribution in [0, 0.1) is 0 Å². The van der Waals surface area contributed by atoms with Crippen molar-refractivity contribution in [3.8, 4) is 0 Å². The average Bonchev–Trinajstić information content (AvgIpc) is 1.98. The van der Waals surface area contributed by atoms with Crippen molar-refractivity contribution in [2.24, 2.45) is 4.99 Å². The molecule has 1 unspecified atom stereocenters. The lowest BCUT2D eigenvalue weighted by molar-refractivity contribution is -0.735. The van der Waals surface area contributed by atoms with Gasteiger partial charge in [-0.25, -0.2) is 0 Å². The Morgan fingerprint density at radius 2 is 1.70 bits per heavy atom. The van der Waals surface area contributed by atoms with E-state index >= 15 is 0 Å². The number of hydrogen-bond acceptors (Lipinski definition) is 1. The normalized spacial score (nSPS) is 24.4. The highest BCUT2D eigenvalue weighted by Gasteiger charge is 2.18. The van der Waals surface area contributed by atoms with E-state index < -0.39 is 0 Å². The van der Waals surface area contributed by atoms with E-state index in [2.05, 4.69) is 32.8 Å². The number of quaternary nitrogens is 1. The first kappa shape index (κ1) is 9.66. The molecule has 0 amide bonds. The maximum atomic E-state index is 4.31. The van der Waals surface area contributed by atoms with Gasteiger partial charge in [0.2, 0.25) is 5.84 Å². The van der Waals surface area contributed by atoms with Gasteiger partial charge in [0.15, 0.2) is 0 Å². The Hall–Kier alpha value is -0.340. The fraction of sp³-hybridized carbons (Fsp3) is 0.571. The molecule has 0 aromatic heterocycles. The quantitative estimate of drug-likeness (QED) is 0.394. The second kappa shape index (κ2) is 3.17. The maximum absolute atomic E-state index is 4.31. The topological polar surface area (TPSA) is 16.8 Å². The molecule has 1 atom stereocenters. The first-order valence-electron chi connectivity index (χ1n) is 3.20. The largest absolute Gasteiger partial charge is 1.00 e. The van der Waals surface area contributed by atoms with Crippen LogP contribution in [-0.4, -0.2) is 12.9 Å². The highest BCUT2D eigenvalue weighted by molar-refractivity contribution is 5.74. The second-order valence-corrected chi connectivity index (χ2v) is 2.53. The molecular formula is C7H13ClN2. The van der Waals surface area contributed by atoms with Gasteiger partial charge in [-0.1, -0.05) is 0 Å². The summed E-state index contributed by atoms with van der Waals surface area (Å²) >= 11 is 0. The van der Waals surface area contributed by atoms with Crippen molar-refractivity contribution >= 4 is 5.84 Å². The zero-order chi connectivity index (χ0) is 7.02. The number of hydrogen-bond donors (Lipinski definition) is 1. The molecule has 2 nitrogen and oxygen atoms in total. The van der Waals surface area contributed by atoms with Crippen LogP contribution in [0.4, 0.5) is 0 Å². The van der Waals surface area contributed by atoms with Crippen molar-refractivity contribution in [3.05, 3.63) is 11.4 Å². The second-order valence-electron chi connectivity index (χ2n) is 2.53. The minimum atomic E-state index is 0. The number of nitrogens with zero attached hydrogens (tertiary/aromatic N) is 1. The zero-order valence-electron chi connectivity index (χ0n) is 6.83. The Bertz CT molecular complexity index is 194. The fourth-order valence-electron chi connectivity index (χ4n) is 0.962. The predicted molar refractivity (Wildman–Crippen MR) is 38.4 cm³/mol. The lowest BCUT2D eigenvalue weighted by atomic mass is 10.4. The first-order valence-corrected chi connectivity index (χ1v) is 3.20. The summed E-state index contributed by atoms with van der Waals surface area (Å²) in [6, 6.07) is 0. The van der Waals surface area contributed by atoms with Crippen LogP contribution in [0.25, 0.3) is 0 Å². The van der Waals surface area contributed by atoms with Gasteiger partial charge in [0.05, 0.1) is 12.7 Å². The summed E-state index contributed by atoms with van der Waals surface area (Å²) in [4.78, 5) is 5.65. The van der Waals surface area contributed by atoms with Gasteiger partial charge < -0.3 is 12.4 Å². The Morgan fingerprint density at radius 3 is 1.80 bits per heavy atom. The van der Waals surface area contributed by atoms with Crippen molar-refractivity contribution in [2.45, 2.75) is 20.8 Å². The molecule has 1 N–H and O–H groups in total. The van der Waals surface area contributed by atoms with Gasteiger partial charge >= 0.3 is 0 Å². The van der Waals surface area contributed by atoms with Crippen LogP contribution in [-0.2, 0) is 0 Å². The lowest BCUT2D eigenvalue weighted by Gasteiger charge is -2.04. The predicted octanol–water partition coefficient (Wildman–Crippen LogP) is -2.81. The Balaban J connectivity index is 0.000000810. The van der Waals surface area contributed by atoms with Crippen LogP contribution in [0.15, 0.2) is 16.4 Å². The minimum absolute atomic E-state index is 0. The highest BCUT2D eigenvalue weighted by atomic mass is 35.5. The molecule has 0 aliphatic carbocycles. The molecule has 1 rings (SSSR count). The van der Waals surface area contributed by atoms with Crippen molar-refractivity contribution in [1.29, 1.82) is 0 Å². The van der Waals surface area contributed by atoms with E-state index in [0.29, 0.717) is 0 Å². The summed E-state index contributed by atoms with van der Waals surface area (Å²) in [6.45, 7) is 6.22. The number of rotatable bonds is 0. The summed E-state index contributed by atoms with van der Waals surface area (Å²) in [5.74, 6) is 1.17. The number of amidine groups is 1. The van der Waals surface area contributed by atoms with E-state index in [-0.39, 0.29) is 12.4 Å². The van der Waals surface area contributed by atoms with Crippen molar-refractivity contribution in [3.63, 3.8) is 0 Å². The van der Waals surface area contributed by atoms with E-state index in [0.717, 1.165) is 0 Å². The van der Waals surface area contributed by atoms with E-state index in [9.17, 15) is 0 Å². The van der Waals surface area contributed by atoms with Crippen molar-refractivity contribution in [2.75, 3.05) is 7.05 Å². The molecule has 1 aliphatic rings. The van der Waals surface area contributed by atoms with E-state index in [1.165, 1.54) is 22.1 Å². The number of halogens is 1. The molecule has 58 valence electrons. The Labute approximate surface area is 68.0 Å². The van der Waals surface area contributed by atoms with Gasteiger partial charge in [0.1, 0.15) is 5.70 Å². The van der Waals surface area contributed by atoms with Gasteiger partial charge in [-0.2, -0.15) is 4.99 Å². The van der Waals surface area contributed by atoms with Crippen LogP contribution < -0.4 is 17.3 Å². The van der Waals surface area contributed by atoms with Gasteiger partial charge in [-0.15, -0.1) is 0 Å². The van der Waals surface area contributed by atoms with E-state index in [1.54, 1.807) is 0 Å². The molecule has 0 fully saturated rings. The van der Waals surface area contributed by atoms with Crippen LogP contribution in [0.5, 0.6) is 0 Å². The summed E-state index contributed by atoms with van der Waals surface area (Å²) in [5.41, 5.74) is 2.51. The monoisotopic (exact) mass is 160 g/mol. The number of aliphatic imine (C=N–C) groups is 1. The molecule has 10 heavy (non-hydrogen) atoms. The van der Waals surface area contributed by atoms with E-state index in [1.807, 2.05) is 0 Å². The molecular weight excluding hydrogens is 148 g/mol. The molecule has 0 aromatic carbocycles. The standard InChI is InChI=1S/C7H12N2.ClH/c1-5-6(2)9(4)7(3)8-5;/h1-4H3;1H. The van der Waals surface area contributed by atoms with E-state index in [4.69, 9.17) is 0 Å². The Kier molecular flexibility index (Phi) is 3.06. The SMILES string of the molecule is CC1=NC(C)=C(C)[NH+]1C.[Cl-]. The third-order valence-corrected chi connectivity index (χ3v) is 1.98. The molecule has 0 saturated carbocycles. The van der Waals surface area contributed by atoms with Gasteiger partial charge in [-0.3, -0.25) is 4.90 Å². The third kappa shape index (κ3) is 1.39. The molecule has 0 bridgehead atoms.